The van der Waals surface area contributed by atoms with E-state index < -0.39 is 8.07 Å². The molecule has 0 spiro atoms. The van der Waals surface area contributed by atoms with E-state index in [1.165, 1.54) is 5.56 Å². The average molecular weight is 574 g/mol. The van der Waals surface area contributed by atoms with Gasteiger partial charge in [0.2, 0.25) is 0 Å². The molecule has 0 saturated carbocycles. The number of ether oxygens (including phenoxy) is 3. The minimum Gasteiger partial charge on any atom is -0.495 e. The highest BCUT2D eigenvalue weighted by molar-refractivity contribution is 6.76. The summed E-state index contributed by atoms with van der Waals surface area (Å²) in [5, 5.41) is 4.13. The summed E-state index contributed by atoms with van der Waals surface area (Å²) in [6.45, 7) is 10.6. The van der Waals surface area contributed by atoms with Crippen LogP contribution in [0.3, 0.4) is 0 Å². The van der Waals surface area contributed by atoms with Crippen LogP contribution >= 0.6 is 23.2 Å². The largest absolute Gasteiger partial charge is 0.495 e. The molecule has 4 rings (SSSR count). The van der Waals surface area contributed by atoms with Crippen LogP contribution in [0.25, 0.3) is 22.4 Å². The zero-order valence-electron chi connectivity index (χ0n) is 22.7. The van der Waals surface area contributed by atoms with Gasteiger partial charge >= 0.3 is 0 Å². The van der Waals surface area contributed by atoms with Crippen molar-refractivity contribution in [2.45, 2.75) is 45.9 Å². The van der Waals surface area contributed by atoms with E-state index in [1.807, 2.05) is 0 Å². The molecule has 0 aliphatic heterocycles. The number of aryl methyl sites for hydroxylation is 1. The molecule has 2 aromatic carbocycles. The summed E-state index contributed by atoms with van der Waals surface area (Å²) in [4.78, 5) is 9.58. The van der Waals surface area contributed by atoms with Gasteiger partial charge in [0.05, 0.1) is 36.2 Å². The molecular weight excluding hydrogens is 539 g/mol. The van der Waals surface area contributed by atoms with Crippen molar-refractivity contribution in [3.8, 4) is 22.8 Å². The van der Waals surface area contributed by atoms with Gasteiger partial charge in [0.15, 0.2) is 5.65 Å². The van der Waals surface area contributed by atoms with E-state index >= 15 is 0 Å². The normalized spacial score (nSPS) is 11.7. The molecule has 0 fully saturated rings. The molecule has 7 nitrogen and oxygen atoms in total. The second-order valence-corrected chi connectivity index (χ2v) is 16.8. The van der Waals surface area contributed by atoms with E-state index in [0.29, 0.717) is 46.2 Å². The average Bonchev–Trinajstić information content (AvgIpc) is 3.24. The Morgan fingerprint density at radius 2 is 1.63 bits per heavy atom. The Balaban J connectivity index is 1.63. The predicted molar refractivity (Wildman–Crippen MR) is 159 cm³/mol. The predicted octanol–water partition coefficient (Wildman–Crippen LogP) is 7.66. The molecule has 2 heterocycles. The third-order valence-corrected chi connectivity index (χ3v) is 8.81. The van der Waals surface area contributed by atoms with Crippen molar-refractivity contribution in [3.05, 3.63) is 63.8 Å². The molecule has 0 aliphatic carbocycles. The number of aromatic nitrogens is 3. The van der Waals surface area contributed by atoms with Crippen molar-refractivity contribution in [2.24, 2.45) is 0 Å². The van der Waals surface area contributed by atoms with Crippen LogP contribution in [0.1, 0.15) is 11.1 Å². The van der Waals surface area contributed by atoms with Crippen molar-refractivity contribution in [2.75, 3.05) is 26.1 Å². The molecule has 10 heteroatoms. The van der Waals surface area contributed by atoms with Crippen LogP contribution in [-0.4, -0.2) is 43.4 Å². The maximum Gasteiger partial charge on any atom is 0.161 e. The number of fused-ring (bicyclic) bond motifs is 1. The highest BCUT2D eigenvalue weighted by Gasteiger charge is 2.19. The standard InChI is InChI=1S/C28H34Cl2N4O3Si/c1-18-7-9-19(10-8-18)22-13-21-28(34(22)17-37-11-12-38(4,5)6)32-16-25(33-21)31-15-20-26(29)23(35-2)14-24(36-3)27(20)30/h7-10,13-14,16H,11-12,15,17H2,1-6H3,(H,31,33). The molecule has 0 unspecified atom stereocenters. The van der Waals surface area contributed by atoms with Crippen LogP contribution in [0.15, 0.2) is 42.6 Å². The van der Waals surface area contributed by atoms with E-state index in [9.17, 15) is 0 Å². The molecule has 0 bridgehead atoms. The van der Waals surface area contributed by atoms with Crippen LogP contribution in [0.2, 0.25) is 35.7 Å². The lowest BCUT2D eigenvalue weighted by atomic mass is 10.1. The van der Waals surface area contributed by atoms with Gasteiger partial charge in [-0.15, -0.1) is 0 Å². The second-order valence-electron chi connectivity index (χ2n) is 10.4. The van der Waals surface area contributed by atoms with E-state index in [-0.39, 0.29) is 0 Å². The first-order valence-corrected chi connectivity index (χ1v) is 16.9. The third-order valence-electron chi connectivity index (χ3n) is 6.27. The molecule has 0 radical (unpaired) electrons. The van der Waals surface area contributed by atoms with Gasteiger partial charge in [0, 0.05) is 32.9 Å². The van der Waals surface area contributed by atoms with E-state index in [2.05, 4.69) is 66.8 Å². The molecule has 0 saturated heterocycles. The first-order chi connectivity index (χ1) is 18.1. The Morgan fingerprint density at radius 3 is 2.24 bits per heavy atom. The summed E-state index contributed by atoms with van der Waals surface area (Å²) in [6.07, 6.45) is 1.71. The van der Waals surface area contributed by atoms with E-state index in [0.717, 1.165) is 35.1 Å². The molecule has 2 aromatic heterocycles. The Hall–Kier alpha value is -2.78. The molecular formula is C28H34Cl2N4O3Si. The maximum absolute atomic E-state index is 6.54. The van der Waals surface area contributed by atoms with Gasteiger partial charge in [-0.2, -0.15) is 0 Å². The van der Waals surface area contributed by atoms with Gasteiger partial charge in [-0.05, 0) is 24.6 Å². The zero-order chi connectivity index (χ0) is 27.4. The summed E-state index contributed by atoms with van der Waals surface area (Å²) in [6, 6.07) is 13.3. The third kappa shape index (κ3) is 6.43. The minimum absolute atomic E-state index is 0.316. The topological polar surface area (TPSA) is 70.4 Å². The number of benzene rings is 2. The number of rotatable bonds is 11. The fraction of sp³-hybridized carbons (Fsp3) is 0.357. The molecule has 202 valence electrons. The highest BCUT2D eigenvalue weighted by Crippen LogP contribution is 2.40. The second kappa shape index (κ2) is 11.9. The summed E-state index contributed by atoms with van der Waals surface area (Å²) in [7, 11) is 1.92. The Morgan fingerprint density at radius 1 is 0.974 bits per heavy atom. The smallest absolute Gasteiger partial charge is 0.161 e. The van der Waals surface area contributed by atoms with Crippen molar-refractivity contribution in [3.63, 3.8) is 0 Å². The minimum atomic E-state index is -1.19. The van der Waals surface area contributed by atoms with Crippen LogP contribution < -0.4 is 14.8 Å². The van der Waals surface area contributed by atoms with Gasteiger partial charge < -0.3 is 19.5 Å². The zero-order valence-corrected chi connectivity index (χ0v) is 25.2. The molecule has 1 N–H and O–H groups in total. The maximum atomic E-state index is 6.54. The van der Waals surface area contributed by atoms with Crippen molar-refractivity contribution >= 4 is 48.3 Å². The number of halogens is 2. The molecule has 38 heavy (non-hydrogen) atoms. The monoisotopic (exact) mass is 572 g/mol. The number of nitrogens with zero attached hydrogens (tertiary/aromatic N) is 3. The SMILES string of the molecule is COc1cc(OC)c(Cl)c(CNc2cnc3c(cc(-c4ccc(C)cc4)n3COCC[Si](C)(C)C)n2)c1Cl. The van der Waals surface area contributed by atoms with Crippen LogP contribution in [0.4, 0.5) is 5.82 Å². The van der Waals surface area contributed by atoms with Crippen LogP contribution in [0, 0.1) is 6.92 Å². The summed E-state index contributed by atoms with van der Waals surface area (Å²) >= 11 is 13.1. The van der Waals surface area contributed by atoms with Crippen molar-refractivity contribution < 1.29 is 14.2 Å². The molecule has 4 aromatic rings. The first kappa shape index (κ1) is 28.2. The Bertz CT molecular complexity index is 1390. The number of nitrogens with one attached hydrogen (secondary N) is 1. The summed E-state index contributed by atoms with van der Waals surface area (Å²) in [5.41, 5.74) is 5.48. The lowest BCUT2D eigenvalue weighted by molar-refractivity contribution is 0.0909. The van der Waals surface area contributed by atoms with Crippen molar-refractivity contribution in [1.82, 2.24) is 14.5 Å². The van der Waals surface area contributed by atoms with E-state index in [1.54, 1.807) is 26.5 Å². The summed E-state index contributed by atoms with van der Waals surface area (Å²) in [5.74, 6) is 1.57. The lowest BCUT2D eigenvalue weighted by Crippen LogP contribution is -2.22. The number of hydrogen-bond acceptors (Lipinski definition) is 6. The van der Waals surface area contributed by atoms with Crippen LogP contribution in [-0.2, 0) is 18.0 Å². The fourth-order valence-corrected chi connectivity index (χ4v) is 5.40. The van der Waals surface area contributed by atoms with Gasteiger partial charge in [-0.25, -0.2) is 9.97 Å². The van der Waals surface area contributed by atoms with Gasteiger partial charge in [-0.3, -0.25) is 4.57 Å². The number of methoxy groups -OCH3 is 2. The van der Waals surface area contributed by atoms with Crippen LogP contribution in [0.5, 0.6) is 11.5 Å². The molecule has 0 amide bonds. The Labute approximate surface area is 235 Å². The lowest BCUT2D eigenvalue weighted by Gasteiger charge is -2.17. The number of anilines is 1. The molecule has 0 atom stereocenters. The van der Waals surface area contributed by atoms with Crippen molar-refractivity contribution in [1.29, 1.82) is 0 Å². The van der Waals surface area contributed by atoms with Gasteiger partial charge in [0.1, 0.15) is 29.6 Å². The Kier molecular flexibility index (Phi) is 8.87. The van der Waals surface area contributed by atoms with Gasteiger partial charge in [-0.1, -0.05) is 72.7 Å². The van der Waals surface area contributed by atoms with E-state index in [4.69, 9.17) is 47.4 Å². The molecule has 0 aliphatic rings. The van der Waals surface area contributed by atoms with Gasteiger partial charge in [0.25, 0.3) is 0 Å². The quantitative estimate of drug-likeness (QED) is 0.147. The fourth-order valence-electron chi connectivity index (χ4n) is 4.01. The number of hydrogen-bond donors (Lipinski definition) is 1. The highest BCUT2D eigenvalue weighted by atomic mass is 35.5. The first-order valence-electron chi connectivity index (χ1n) is 12.4. The summed E-state index contributed by atoms with van der Waals surface area (Å²) < 4.78 is 19.0.